The van der Waals surface area contributed by atoms with Gasteiger partial charge in [-0.2, -0.15) is 0 Å². The first-order valence-corrected chi connectivity index (χ1v) is 8.41. The van der Waals surface area contributed by atoms with Gasteiger partial charge in [-0.05, 0) is 31.3 Å². The first-order valence-electron chi connectivity index (χ1n) is 8.41. The summed E-state index contributed by atoms with van der Waals surface area (Å²) in [5, 5.41) is 21.3. The largest absolute Gasteiger partial charge is 0.392 e. The lowest BCUT2D eigenvalue weighted by Gasteiger charge is -2.41. The number of rotatable bonds is 6. The summed E-state index contributed by atoms with van der Waals surface area (Å²) in [5.74, 6) is 0.247. The molecule has 1 aliphatic heterocycles. The molecule has 24 heavy (non-hydrogen) atoms. The first kappa shape index (κ1) is 17.7. The van der Waals surface area contributed by atoms with E-state index in [1.54, 1.807) is 12.2 Å². The zero-order valence-corrected chi connectivity index (χ0v) is 13.4. The second-order valence-electron chi connectivity index (χ2n) is 6.74. The molecule has 2 fully saturated rings. The highest BCUT2D eigenvalue weighted by molar-refractivity contribution is 5.01. The molecule has 0 aromatic rings. The van der Waals surface area contributed by atoms with Gasteiger partial charge >= 0.3 is 0 Å². The van der Waals surface area contributed by atoms with Crippen molar-refractivity contribution in [2.45, 2.75) is 69.3 Å². The number of nitro groups is 1. The lowest BCUT2D eigenvalue weighted by atomic mass is 9.91. The van der Waals surface area contributed by atoms with Crippen molar-refractivity contribution in [1.29, 1.82) is 0 Å². The molecule has 5 N–H and O–H groups in total. The Morgan fingerprint density at radius 3 is 2.54 bits per heavy atom. The fraction of sp³-hybridized carbons (Fsp3) is 0.867. The van der Waals surface area contributed by atoms with E-state index in [1.165, 1.54) is 0 Å². The first-order chi connectivity index (χ1) is 11.4. The smallest absolute Gasteiger partial charge is 0.231 e. The van der Waals surface area contributed by atoms with E-state index in [-0.39, 0.29) is 16.9 Å². The summed E-state index contributed by atoms with van der Waals surface area (Å²) in [4.78, 5) is 10.5. The molecule has 3 rings (SSSR count). The number of nitrogens with two attached hydrogens (primary N) is 2. The molecule has 1 saturated heterocycles. The molecule has 0 bridgehead atoms. The van der Waals surface area contributed by atoms with Crippen molar-refractivity contribution in [2.75, 3.05) is 0 Å². The van der Waals surface area contributed by atoms with Crippen LogP contribution in [-0.2, 0) is 14.2 Å². The summed E-state index contributed by atoms with van der Waals surface area (Å²) in [5.41, 5.74) is 10.9. The van der Waals surface area contributed by atoms with E-state index in [9.17, 15) is 15.2 Å². The maximum atomic E-state index is 10.8. The van der Waals surface area contributed by atoms with Crippen LogP contribution in [-0.4, -0.2) is 47.2 Å². The summed E-state index contributed by atoms with van der Waals surface area (Å²) >= 11 is 0. The van der Waals surface area contributed by atoms with E-state index in [4.69, 9.17) is 25.7 Å². The van der Waals surface area contributed by atoms with Crippen LogP contribution in [0.15, 0.2) is 12.2 Å². The molecule has 136 valence electrons. The van der Waals surface area contributed by atoms with Gasteiger partial charge in [-0.1, -0.05) is 6.08 Å². The third-order valence-corrected chi connectivity index (χ3v) is 4.83. The van der Waals surface area contributed by atoms with Crippen LogP contribution < -0.4 is 11.5 Å². The Balaban J connectivity index is 1.64. The van der Waals surface area contributed by atoms with Crippen molar-refractivity contribution >= 4 is 0 Å². The predicted molar refractivity (Wildman–Crippen MR) is 82.8 cm³/mol. The maximum absolute atomic E-state index is 10.8. The van der Waals surface area contributed by atoms with Crippen molar-refractivity contribution in [3.05, 3.63) is 22.3 Å². The molecule has 0 radical (unpaired) electrons. The molecule has 1 heterocycles. The summed E-state index contributed by atoms with van der Waals surface area (Å²) in [6.07, 6.45) is 3.37. The van der Waals surface area contributed by atoms with Gasteiger partial charge in [0.2, 0.25) is 6.04 Å². The zero-order chi connectivity index (χ0) is 17.3. The zero-order valence-electron chi connectivity index (χ0n) is 13.4. The van der Waals surface area contributed by atoms with Crippen LogP contribution in [0, 0.1) is 22.0 Å². The van der Waals surface area contributed by atoms with Crippen molar-refractivity contribution in [1.82, 2.24) is 0 Å². The number of aliphatic hydroxyl groups excluding tert-OH is 1. The molecule has 0 aromatic heterocycles. The van der Waals surface area contributed by atoms with Crippen LogP contribution in [0.1, 0.15) is 32.1 Å². The number of ether oxygens (including phenoxy) is 3. The van der Waals surface area contributed by atoms with Crippen molar-refractivity contribution in [3.63, 3.8) is 0 Å². The molecule has 9 heteroatoms. The molecule has 6 atom stereocenters. The standard InChI is InChI=1S/C15H25N3O6/c16-15(17)24-12-7-11(19)13(8-1-2-8)14(23-12)22-10-5-3-9(4-6-10)18(20)21/h3,5,8-15,19H,1-2,4,6-7,16-17H2/t9-,10?,11+,12-,13?,14-/m1/s1. The average Bonchev–Trinajstić information content (AvgIpc) is 3.31. The Kier molecular flexibility index (Phi) is 5.48. The van der Waals surface area contributed by atoms with Gasteiger partial charge in [0.15, 0.2) is 18.9 Å². The lowest BCUT2D eigenvalue weighted by molar-refractivity contribution is -0.511. The van der Waals surface area contributed by atoms with Gasteiger partial charge in [0.25, 0.3) is 0 Å². The highest BCUT2D eigenvalue weighted by Crippen LogP contribution is 2.45. The molecular weight excluding hydrogens is 318 g/mol. The molecule has 2 aliphatic carbocycles. The molecule has 3 aliphatic rings. The fourth-order valence-electron chi connectivity index (χ4n) is 3.48. The predicted octanol–water partition coefficient (Wildman–Crippen LogP) is 0.0441. The van der Waals surface area contributed by atoms with Gasteiger partial charge in [-0.25, -0.2) is 0 Å². The summed E-state index contributed by atoms with van der Waals surface area (Å²) < 4.78 is 17.1. The quantitative estimate of drug-likeness (QED) is 0.265. The van der Waals surface area contributed by atoms with Gasteiger partial charge in [0, 0.05) is 23.7 Å². The summed E-state index contributed by atoms with van der Waals surface area (Å²) in [7, 11) is 0. The Morgan fingerprint density at radius 1 is 1.25 bits per heavy atom. The topological polar surface area (TPSA) is 143 Å². The molecular formula is C15H25N3O6. The molecule has 1 saturated carbocycles. The Hall–Kier alpha value is -1.10. The van der Waals surface area contributed by atoms with Gasteiger partial charge in [0.05, 0.1) is 12.2 Å². The van der Waals surface area contributed by atoms with E-state index < -0.39 is 31.1 Å². The Morgan fingerprint density at radius 2 is 2.00 bits per heavy atom. The van der Waals surface area contributed by atoms with Gasteiger partial charge in [-0.15, -0.1) is 0 Å². The van der Waals surface area contributed by atoms with Crippen LogP contribution in [0.25, 0.3) is 0 Å². The highest BCUT2D eigenvalue weighted by Gasteiger charge is 2.48. The van der Waals surface area contributed by atoms with Crippen LogP contribution in [0.2, 0.25) is 0 Å². The third-order valence-electron chi connectivity index (χ3n) is 4.83. The summed E-state index contributed by atoms with van der Waals surface area (Å²) in [6.45, 7) is 0. The highest BCUT2D eigenvalue weighted by atomic mass is 16.8. The van der Waals surface area contributed by atoms with Crippen LogP contribution in [0.4, 0.5) is 0 Å². The van der Waals surface area contributed by atoms with Crippen molar-refractivity contribution in [3.8, 4) is 0 Å². The van der Waals surface area contributed by atoms with Crippen LogP contribution in [0.5, 0.6) is 0 Å². The number of hydrogen-bond acceptors (Lipinski definition) is 8. The van der Waals surface area contributed by atoms with Gasteiger partial charge in [0.1, 0.15) is 0 Å². The second kappa shape index (κ2) is 7.42. The minimum absolute atomic E-state index is 0.125. The minimum Gasteiger partial charge on any atom is -0.392 e. The van der Waals surface area contributed by atoms with Crippen molar-refractivity contribution in [2.24, 2.45) is 23.3 Å². The van der Waals surface area contributed by atoms with Gasteiger partial charge in [-0.3, -0.25) is 21.6 Å². The molecule has 0 amide bonds. The minimum atomic E-state index is -0.990. The van der Waals surface area contributed by atoms with Crippen LogP contribution in [0.3, 0.4) is 0 Å². The maximum Gasteiger partial charge on any atom is 0.231 e. The van der Waals surface area contributed by atoms with Crippen molar-refractivity contribution < 1.29 is 24.2 Å². The van der Waals surface area contributed by atoms with Crippen LogP contribution >= 0.6 is 0 Å². The van der Waals surface area contributed by atoms with E-state index in [0.717, 1.165) is 12.8 Å². The summed E-state index contributed by atoms with van der Waals surface area (Å²) in [6, 6.07) is -0.659. The van der Waals surface area contributed by atoms with E-state index in [0.29, 0.717) is 25.2 Å². The number of hydrogen-bond donors (Lipinski definition) is 3. The third kappa shape index (κ3) is 4.29. The van der Waals surface area contributed by atoms with E-state index >= 15 is 0 Å². The Labute approximate surface area is 140 Å². The second-order valence-corrected chi connectivity index (χ2v) is 6.74. The normalized spacial score (nSPS) is 40.0. The Bertz CT molecular complexity index is 484. The molecule has 9 nitrogen and oxygen atoms in total. The lowest BCUT2D eigenvalue weighted by Crippen LogP contribution is -2.51. The molecule has 0 spiro atoms. The van der Waals surface area contributed by atoms with Gasteiger partial charge < -0.3 is 19.3 Å². The molecule has 0 aromatic carbocycles. The number of aliphatic hydroxyl groups is 1. The number of nitrogens with zero attached hydrogens (tertiary/aromatic N) is 1. The van der Waals surface area contributed by atoms with E-state index in [2.05, 4.69) is 0 Å². The van der Waals surface area contributed by atoms with E-state index in [1.807, 2.05) is 0 Å². The average molecular weight is 343 g/mol. The fourth-order valence-corrected chi connectivity index (χ4v) is 3.48. The monoisotopic (exact) mass is 343 g/mol. The SMILES string of the molecule is NC(N)O[C@@H]1C[C@H](O)C(C2CC2)[C@H](OC2C=C[C@@H]([N+](=O)[O-])CC2)O1. The molecule has 2 unspecified atom stereocenters.